The van der Waals surface area contributed by atoms with Gasteiger partial charge >= 0.3 is 0 Å². The Morgan fingerprint density at radius 3 is 2.59 bits per heavy atom. The van der Waals surface area contributed by atoms with Crippen LogP contribution in [0.1, 0.15) is 41.6 Å². The van der Waals surface area contributed by atoms with Crippen LogP contribution in [0.25, 0.3) is 0 Å². The van der Waals surface area contributed by atoms with Gasteiger partial charge in [-0.05, 0) is 79.6 Å². The summed E-state index contributed by atoms with van der Waals surface area (Å²) in [7, 11) is -3.87. The summed E-state index contributed by atoms with van der Waals surface area (Å²) < 4.78 is 34.3. The van der Waals surface area contributed by atoms with E-state index in [9.17, 15) is 13.2 Å². The van der Waals surface area contributed by atoms with Crippen LogP contribution >= 0.6 is 0 Å². The van der Waals surface area contributed by atoms with Crippen LogP contribution < -0.4 is 14.4 Å². The minimum absolute atomic E-state index is 0.101. The van der Waals surface area contributed by atoms with Crippen LogP contribution in [0, 0.1) is 6.92 Å². The van der Waals surface area contributed by atoms with Gasteiger partial charge in [0, 0.05) is 0 Å². The van der Waals surface area contributed by atoms with Gasteiger partial charge in [0.15, 0.2) is 6.10 Å². The van der Waals surface area contributed by atoms with Crippen molar-refractivity contribution < 1.29 is 17.9 Å². The van der Waals surface area contributed by atoms with Crippen molar-refractivity contribution in [3.8, 4) is 5.75 Å². The van der Waals surface area contributed by atoms with Gasteiger partial charge in [-0.3, -0.25) is 9.10 Å². The van der Waals surface area contributed by atoms with Crippen molar-refractivity contribution >= 4 is 21.6 Å². The highest BCUT2D eigenvalue weighted by Crippen LogP contribution is 2.38. The molecule has 0 unspecified atom stereocenters. The molecule has 2 atom stereocenters. The molecule has 6 nitrogen and oxygen atoms in total. The molecule has 0 fully saturated rings. The molecule has 0 spiro atoms. The lowest BCUT2D eigenvalue weighted by molar-refractivity contribution is -0.128. The maximum atomic E-state index is 13.5. The summed E-state index contributed by atoms with van der Waals surface area (Å²) in [5.74, 6) is 0.0363. The number of amides is 1. The third-order valence-corrected chi connectivity index (χ3v) is 8.38. The zero-order chi connectivity index (χ0) is 23.9. The van der Waals surface area contributed by atoms with Gasteiger partial charge in [-0.2, -0.15) is 0 Å². The van der Waals surface area contributed by atoms with E-state index in [0.29, 0.717) is 11.4 Å². The number of nitrogens with zero attached hydrogens (tertiary/aromatic N) is 1. The monoisotopic (exact) mass is 476 g/mol. The Bertz CT molecular complexity index is 1340. The molecule has 0 radical (unpaired) electrons. The Hall–Kier alpha value is -3.32. The summed E-state index contributed by atoms with van der Waals surface area (Å²) in [4.78, 5) is 13.4. The summed E-state index contributed by atoms with van der Waals surface area (Å²) in [6, 6.07) is 19.8. The number of benzene rings is 3. The van der Waals surface area contributed by atoms with Gasteiger partial charge in [-0.15, -0.1) is 0 Å². The second-order valence-corrected chi connectivity index (χ2v) is 10.9. The van der Waals surface area contributed by atoms with Crippen LogP contribution in [0.2, 0.25) is 0 Å². The number of ether oxygens (including phenoxy) is 1. The van der Waals surface area contributed by atoms with Gasteiger partial charge in [0.05, 0.1) is 23.2 Å². The van der Waals surface area contributed by atoms with Crippen LogP contribution in [0.15, 0.2) is 71.6 Å². The van der Waals surface area contributed by atoms with Gasteiger partial charge in [0.1, 0.15) is 5.75 Å². The molecule has 1 heterocycles. The van der Waals surface area contributed by atoms with Crippen molar-refractivity contribution in [1.82, 2.24) is 5.32 Å². The van der Waals surface area contributed by atoms with E-state index < -0.39 is 16.1 Å². The molecule has 34 heavy (non-hydrogen) atoms. The molecule has 0 saturated carbocycles. The minimum atomic E-state index is -3.87. The van der Waals surface area contributed by atoms with Crippen LogP contribution in [0.4, 0.5) is 5.69 Å². The predicted molar refractivity (Wildman–Crippen MR) is 132 cm³/mol. The molecule has 0 aromatic heterocycles. The molecular weight excluding hydrogens is 448 g/mol. The van der Waals surface area contributed by atoms with Crippen molar-refractivity contribution in [2.45, 2.75) is 50.2 Å². The fourth-order valence-electron chi connectivity index (χ4n) is 4.70. The molecule has 2 aliphatic rings. The summed E-state index contributed by atoms with van der Waals surface area (Å²) >= 11 is 0. The van der Waals surface area contributed by atoms with Gasteiger partial charge in [-0.25, -0.2) is 8.42 Å². The van der Waals surface area contributed by atoms with Crippen molar-refractivity contribution in [3.05, 3.63) is 89.0 Å². The zero-order valence-corrected chi connectivity index (χ0v) is 20.1. The summed E-state index contributed by atoms with van der Waals surface area (Å²) in [5, 5.41) is 3.03. The first kappa shape index (κ1) is 22.5. The molecule has 0 saturated heterocycles. The molecule has 0 bridgehead atoms. The van der Waals surface area contributed by atoms with Gasteiger partial charge in [0.2, 0.25) is 0 Å². The third kappa shape index (κ3) is 4.16. The molecule has 3 aromatic rings. The highest BCUT2D eigenvalue weighted by atomic mass is 32.2. The lowest BCUT2D eigenvalue weighted by Gasteiger charge is -2.35. The van der Waals surface area contributed by atoms with Crippen molar-refractivity contribution in [1.29, 1.82) is 0 Å². The topological polar surface area (TPSA) is 75.7 Å². The van der Waals surface area contributed by atoms with Gasteiger partial charge in [-0.1, -0.05) is 42.5 Å². The number of carbonyl (C=O) groups is 1. The van der Waals surface area contributed by atoms with E-state index in [2.05, 4.69) is 23.5 Å². The van der Waals surface area contributed by atoms with E-state index >= 15 is 0 Å². The van der Waals surface area contributed by atoms with E-state index in [-0.39, 0.29) is 23.4 Å². The Morgan fingerprint density at radius 1 is 1.03 bits per heavy atom. The second kappa shape index (κ2) is 8.80. The molecule has 176 valence electrons. The maximum Gasteiger partial charge on any atom is 0.264 e. The average Bonchev–Trinajstić information content (AvgIpc) is 3.31. The first-order chi connectivity index (χ1) is 16.3. The van der Waals surface area contributed by atoms with E-state index in [4.69, 9.17) is 4.74 Å². The smallest absolute Gasteiger partial charge is 0.264 e. The number of sulfonamides is 1. The molecular formula is C27H28N2O4S. The fraction of sp³-hybridized carbons (Fsp3) is 0.296. The van der Waals surface area contributed by atoms with Crippen LogP contribution in [-0.4, -0.2) is 27.0 Å². The van der Waals surface area contributed by atoms with Crippen LogP contribution in [-0.2, 0) is 27.7 Å². The SMILES string of the molecule is Cc1ccc2c(c1)N(S(=O)(=O)c1ccccc1)C[C@@H](C(=O)N[C@H](C)c1ccc3c(c1)CCC3)O2. The molecule has 5 rings (SSSR count). The summed E-state index contributed by atoms with van der Waals surface area (Å²) in [5.41, 5.74) is 5.11. The van der Waals surface area contributed by atoms with E-state index in [1.54, 1.807) is 42.5 Å². The van der Waals surface area contributed by atoms with Crippen molar-refractivity contribution in [2.24, 2.45) is 0 Å². The summed E-state index contributed by atoms with van der Waals surface area (Å²) in [6.07, 6.45) is 2.38. The molecule has 3 aromatic carbocycles. The average molecular weight is 477 g/mol. The normalized spacial score (nSPS) is 17.9. The van der Waals surface area contributed by atoms with Crippen molar-refractivity contribution in [3.63, 3.8) is 0 Å². The first-order valence-electron chi connectivity index (χ1n) is 11.6. The highest BCUT2D eigenvalue weighted by Gasteiger charge is 2.38. The Kier molecular flexibility index (Phi) is 5.81. The minimum Gasteiger partial charge on any atom is -0.476 e. The Balaban J connectivity index is 1.41. The number of hydrogen-bond donors (Lipinski definition) is 1. The number of hydrogen-bond acceptors (Lipinski definition) is 4. The predicted octanol–water partition coefficient (Wildman–Crippen LogP) is 4.32. The molecule has 1 amide bonds. The maximum absolute atomic E-state index is 13.5. The quantitative estimate of drug-likeness (QED) is 0.595. The molecule has 1 aliphatic heterocycles. The Morgan fingerprint density at radius 2 is 1.79 bits per heavy atom. The number of nitrogens with one attached hydrogen (secondary N) is 1. The van der Waals surface area contributed by atoms with Crippen molar-refractivity contribution in [2.75, 3.05) is 10.8 Å². The number of anilines is 1. The van der Waals surface area contributed by atoms with Crippen LogP contribution in [0.5, 0.6) is 5.75 Å². The number of carbonyl (C=O) groups excluding carboxylic acids is 1. The standard InChI is InChI=1S/C27H28N2O4S/c1-18-11-14-25-24(15-18)29(34(31,32)23-9-4-3-5-10-23)17-26(33-25)27(30)28-19(2)21-13-12-20-7-6-8-22(20)16-21/h3-5,9-16,19,26H,6-8,17H2,1-2H3,(H,28,30)/t19-,26+/m1/s1. The third-order valence-electron chi connectivity index (χ3n) is 6.59. The molecule has 1 aliphatic carbocycles. The number of fused-ring (bicyclic) bond motifs is 2. The largest absolute Gasteiger partial charge is 0.476 e. The van der Waals surface area contributed by atoms with E-state index in [1.807, 2.05) is 19.9 Å². The lowest BCUT2D eigenvalue weighted by Crippen LogP contribution is -2.51. The van der Waals surface area contributed by atoms with Gasteiger partial charge in [0.25, 0.3) is 15.9 Å². The van der Waals surface area contributed by atoms with Gasteiger partial charge < -0.3 is 10.1 Å². The zero-order valence-electron chi connectivity index (χ0n) is 19.3. The summed E-state index contributed by atoms with van der Waals surface area (Å²) in [6.45, 7) is 3.73. The lowest BCUT2D eigenvalue weighted by atomic mass is 10.0. The first-order valence-corrected chi connectivity index (χ1v) is 13.0. The van der Waals surface area contributed by atoms with E-state index in [0.717, 1.165) is 24.0 Å². The van der Waals surface area contributed by atoms with Crippen LogP contribution in [0.3, 0.4) is 0 Å². The highest BCUT2D eigenvalue weighted by molar-refractivity contribution is 7.92. The fourth-order valence-corrected chi connectivity index (χ4v) is 6.18. The second-order valence-electron chi connectivity index (χ2n) is 9.04. The van der Waals surface area contributed by atoms with E-state index in [1.165, 1.54) is 21.9 Å². The molecule has 7 heteroatoms. The number of rotatable bonds is 5. The Labute approximate surface area is 200 Å². The number of aryl methyl sites for hydroxylation is 3. The molecule has 1 N–H and O–H groups in total.